The first kappa shape index (κ1) is 19.2. The molecule has 2 aliphatic rings. The van der Waals surface area contributed by atoms with E-state index in [4.69, 9.17) is 10.5 Å². The molecule has 0 atom stereocenters. The Morgan fingerprint density at radius 1 is 1.20 bits per heavy atom. The number of benzene rings is 2. The molecule has 3 heterocycles. The summed E-state index contributed by atoms with van der Waals surface area (Å²) in [5, 5.41) is 19.7. The van der Waals surface area contributed by atoms with E-state index < -0.39 is 7.12 Å². The largest absolute Gasteiger partial charge is 0.492 e. The zero-order valence-corrected chi connectivity index (χ0v) is 16.6. The number of carbonyl (C=O) groups is 1. The molecule has 2 aromatic carbocycles. The van der Waals surface area contributed by atoms with Crippen molar-refractivity contribution in [1.29, 1.82) is 0 Å². The molecule has 30 heavy (non-hydrogen) atoms. The van der Waals surface area contributed by atoms with Crippen LogP contribution in [0.1, 0.15) is 34.3 Å². The average molecular weight is 405 g/mol. The second-order valence-electron chi connectivity index (χ2n) is 8.27. The topological polar surface area (TPSA) is 112 Å². The molecule has 0 radical (unpaired) electrons. The fourth-order valence-corrected chi connectivity index (χ4v) is 4.76. The number of amides is 1. The third-order valence-corrected chi connectivity index (χ3v) is 6.60. The van der Waals surface area contributed by atoms with Crippen molar-refractivity contribution in [2.24, 2.45) is 5.73 Å². The van der Waals surface area contributed by atoms with Gasteiger partial charge in [0, 0.05) is 53.4 Å². The Morgan fingerprint density at radius 2 is 2.00 bits per heavy atom. The Kier molecular flexibility index (Phi) is 4.58. The molecule has 1 amide bonds. The summed E-state index contributed by atoms with van der Waals surface area (Å²) in [7, 11) is -1.58. The minimum atomic E-state index is -1.58. The van der Waals surface area contributed by atoms with E-state index in [9.17, 15) is 14.8 Å². The van der Waals surface area contributed by atoms with Crippen molar-refractivity contribution in [1.82, 2.24) is 9.88 Å². The number of aromatic nitrogens is 1. The Morgan fingerprint density at radius 3 is 2.73 bits per heavy atom. The van der Waals surface area contributed by atoms with E-state index >= 15 is 0 Å². The van der Waals surface area contributed by atoms with Crippen molar-refractivity contribution >= 4 is 29.4 Å². The second kappa shape index (κ2) is 7.16. The summed E-state index contributed by atoms with van der Waals surface area (Å²) in [6, 6.07) is 11.5. The number of hydrogen-bond donors (Lipinski definition) is 4. The molecule has 2 aliphatic heterocycles. The zero-order chi connectivity index (χ0) is 20.9. The minimum absolute atomic E-state index is 0.0406. The predicted molar refractivity (Wildman–Crippen MR) is 115 cm³/mol. The average Bonchev–Trinajstić information content (AvgIpc) is 3.35. The number of nitrogens with one attached hydrogen (secondary N) is 1. The molecular formula is C22H24BN3O4. The zero-order valence-electron chi connectivity index (χ0n) is 16.6. The van der Waals surface area contributed by atoms with Gasteiger partial charge in [0.15, 0.2) is 0 Å². The van der Waals surface area contributed by atoms with Gasteiger partial charge in [-0.25, -0.2) is 0 Å². The van der Waals surface area contributed by atoms with Crippen molar-refractivity contribution < 1.29 is 19.6 Å². The molecule has 3 aromatic rings. The summed E-state index contributed by atoms with van der Waals surface area (Å²) in [5.41, 5.74) is 9.76. The second-order valence-corrected chi connectivity index (χ2v) is 8.27. The highest BCUT2D eigenvalue weighted by Gasteiger charge is 2.44. The first-order chi connectivity index (χ1) is 14.5. The SMILES string of the molecule is NCc1ccc2c(c1)C1(CCN(C(=O)c3ccc4[nH]cc(B(O)O)c4c3)CC1)CO2. The molecule has 1 saturated heterocycles. The molecule has 0 aliphatic carbocycles. The molecule has 1 aromatic heterocycles. The standard InChI is InChI=1S/C22H24BN3O4/c24-11-14-1-4-20-17(9-14)22(13-30-20)5-7-26(8-6-22)21(27)15-2-3-19-16(10-15)18(12-25-19)23(28)29/h1-4,9-10,12,25,28-29H,5-8,11,13,24H2. The van der Waals surface area contributed by atoms with Gasteiger partial charge in [0.25, 0.3) is 5.91 Å². The van der Waals surface area contributed by atoms with Crippen LogP contribution in [0.15, 0.2) is 42.6 Å². The van der Waals surface area contributed by atoms with E-state index in [-0.39, 0.29) is 11.3 Å². The highest BCUT2D eigenvalue weighted by Crippen LogP contribution is 2.46. The van der Waals surface area contributed by atoms with Crippen molar-refractivity contribution in [3.63, 3.8) is 0 Å². The number of H-pyrrole nitrogens is 1. The summed E-state index contributed by atoms with van der Waals surface area (Å²) in [6.45, 7) is 2.44. The lowest BCUT2D eigenvalue weighted by Crippen LogP contribution is -2.46. The van der Waals surface area contributed by atoms with Crippen LogP contribution >= 0.6 is 0 Å². The number of nitrogens with two attached hydrogens (primary N) is 1. The maximum atomic E-state index is 13.1. The van der Waals surface area contributed by atoms with Gasteiger partial charge < -0.3 is 30.4 Å². The monoisotopic (exact) mass is 405 g/mol. The van der Waals surface area contributed by atoms with Crippen molar-refractivity contribution in [2.45, 2.75) is 24.8 Å². The smallest absolute Gasteiger partial charge is 0.490 e. The van der Waals surface area contributed by atoms with Crippen LogP contribution in [0.2, 0.25) is 0 Å². The van der Waals surface area contributed by atoms with Crippen LogP contribution in [0.5, 0.6) is 5.75 Å². The van der Waals surface area contributed by atoms with Crippen LogP contribution in [0, 0.1) is 0 Å². The van der Waals surface area contributed by atoms with Crippen LogP contribution < -0.4 is 15.9 Å². The fourth-order valence-electron chi connectivity index (χ4n) is 4.76. The van der Waals surface area contributed by atoms with E-state index in [1.165, 1.54) is 5.56 Å². The summed E-state index contributed by atoms with van der Waals surface area (Å²) >= 11 is 0. The number of likely N-dealkylation sites (tertiary alicyclic amines) is 1. The molecule has 7 nitrogen and oxygen atoms in total. The number of aromatic amines is 1. The summed E-state index contributed by atoms with van der Waals surface area (Å²) in [4.78, 5) is 18.0. The third kappa shape index (κ3) is 2.99. The fraction of sp³-hybridized carbons (Fsp3) is 0.318. The van der Waals surface area contributed by atoms with Gasteiger partial charge in [0.05, 0.1) is 6.61 Å². The maximum Gasteiger partial charge on any atom is 0.490 e. The van der Waals surface area contributed by atoms with E-state index in [1.807, 2.05) is 17.0 Å². The first-order valence-electron chi connectivity index (χ1n) is 10.2. The van der Waals surface area contributed by atoms with Crippen LogP contribution in [0.3, 0.4) is 0 Å². The summed E-state index contributed by atoms with van der Waals surface area (Å²) in [6.07, 6.45) is 3.24. The minimum Gasteiger partial charge on any atom is -0.492 e. The number of rotatable bonds is 3. The molecule has 8 heteroatoms. The number of fused-ring (bicyclic) bond motifs is 3. The summed E-state index contributed by atoms with van der Waals surface area (Å²) < 4.78 is 5.95. The lowest BCUT2D eigenvalue weighted by molar-refractivity contribution is 0.0646. The number of hydrogen-bond acceptors (Lipinski definition) is 5. The number of carbonyl (C=O) groups excluding carboxylic acids is 1. The molecule has 0 saturated carbocycles. The third-order valence-electron chi connectivity index (χ3n) is 6.60. The van der Waals surface area contributed by atoms with Gasteiger partial charge in [-0.05, 0) is 48.1 Å². The highest BCUT2D eigenvalue weighted by atomic mass is 16.5. The molecule has 0 unspecified atom stereocenters. The molecule has 5 N–H and O–H groups in total. The Bertz CT molecular complexity index is 1120. The Labute approximate surface area is 174 Å². The molecule has 154 valence electrons. The van der Waals surface area contributed by atoms with Crippen molar-refractivity contribution in [3.05, 3.63) is 59.3 Å². The quantitative estimate of drug-likeness (QED) is 0.484. The maximum absolute atomic E-state index is 13.1. The lowest BCUT2D eigenvalue weighted by Gasteiger charge is -2.38. The normalized spacial score (nSPS) is 17.2. The van der Waals surface area contributed by atoms with Crippen molar-refractivity contribution in [3.8, 4) is 5.75 Å². The number of nitrogens with zero attached hydrogens (tertiary/aromatic N) is 1. The van der Waals surface area contributed by atoms with Gasteiger partial charge >= 0.3 is 7.12 Å². The van der Waals surface area contributed by atoms with E-state index in [2.05, 4.69) is 11.1 Å². The molecule has 0 bridgehead atoms. The van der Waals surface area contributed by atoms with Crippen LogP contribution in [-0.2, 0) is 12.0 Å². The van der Waals surface area contributed by atoms with Crippen LogP contribution in [0.4, 0.5) is 0 Å². The van der Waals surface area contributed by atoms with E-state index in [1.54, 1.807) is 24.4 Å². The van der Waals surface area contributed by atoms with Gasteiger partial charge in [-0.1, -0.05) is 12.1 Å². The summed E-state index contributed by atoms with van der Waals surface area (Å²) in [5.74, 6) is 0.890. The first-order valence-corrected chi connectivity index (χ1v) is 10.2. The van der Waals surface area contributed by atoms with Gasteiger partial charge in [0.2, 0.25) is 0 Å². The Hall–Kier alpha value is -2.81. The van der Waals surface area contributed by atoms with Gasteiger partial charge in [0.1, 0.15) is 5.75 Å². The van der Waals surface area contributed by atoms with E-state index in [0.29, 0.717) is 42.7 Å². The predicted octanol–water partition coefficient (Wildman–Crippen LogP) is 0.873. The van der Waals surface area contributed by atoms with Gasteiger partial charge in [-0.2, -0.15) is 0 Å². The van der Waals surface area contributed by atoms with E-state index in [0.717, 1.165) is 29.7 Å². The molecule has 1 fully saturated rings. The van der Waals surface area contributed by atoms with Gasteiger partial charge in [-0.15, -0.1) is 0 Å². The van der Waals surface area contributed by atoms with Crippen LogP contribution in [0.25, 0.3) is 10.9 Å². The van der Waals surface area contributed by atoms with Gasteiger partial charge in [-0.3, -0.25) is 4.79 Å². The van der Waals surface area contributed by atoms with Crippen LogP contribution in [-0.4, -0.2) is 52.7 Å². The molecule has 5 rings (SSSR count). The number of piperidine rings is 1. The molecular weight excluding hydrogens is 381 g/mol. The lowest BCUT2D eigenvalue weighted by atomic mass is 9.74. The number of ether oxygens (including phenoxy) is 1. The Balaban J connectivity index is 1.36. The van der Waals surface area contributed by atoms with Crippen molar-refractivity contribution in [2.75, 3.05) is 19.7 Å². The highest BCUT2D eigenvalue weighted by molar-refractivity contribution is 6.62. The molecule has 1 spiro atoms.